The van der Waals surface area contributed by atoms with Crippen LogP contribution in [0.25, 0.3) is 0 Å². The fourth-order valence-electron chi connectivity index (χ4n) is 2.26. The molecule has 1 aliphatic rings. The van der Waals surface area contributed by atoms with Gasteiger partial charge in [-0.15, -0.1) is 11.8 Å². The van der Waals surface area contributed by atoms with Crippen molar-refractivity contribution in [3.63, 3.8) is 0 Å². The Morgan fingerprint density at radius 1 is 1.33 bits per heavy atom. The molecular weight excluding hydrogens is 294 g/mol. The van der Waals surface area contributed by atoms with E-state index in [0.29, 0.717) is 11.3 Å². The molecule has 3 rings (SSSR count). The van der Waals surface area contributed by atoms with Gasteiger partial charge in [-0.25, -0.2) is 8.78 Å². The Hall–Kier alpha value is -1.95. The van der Waals surface area contributed by atoms with Crippen molar-refractivity contribution in [3.05, 3.63) is 65.5 Å². The summed E-state index contributed by atoms with van der Waals surface area (Å²) in [5.41, 5.74) is 1.21. The summed E-state index contributed by atoms with van der Waals surface area (Å²) in [6.45, 7) is 0.123. The van der Waals surface area contributed by atoms with E-state index in [0.717, 1.165) is 11.6 Å². The second-order valence-corrected chi connectivity index (χ2v) is 5.78. The molecule has 1 fully saturated rings. The molecule has 1 unspecified atom stereocenters. The maximum atomic E-state index is 13.8. The zero-order chi connectivity index (χ0) is 14.8. The SMILES string of the molecule is O=C1CSC(c2cccnc2)N1Cc1ccc(F)cc1F. The minimum absolute atomic E-state index is 0.0578. The van der Waals surface area contributed by atoms with E-state index in [2.05, 4.69) is 4.98 Å². The van der Waals surface area contributed by atoms with Gasteiger partial charge in [0.2, 0.25) is 5.91 Å². The van der Waals surface area contributed by atoms with Crippen LogP contribution in [0, 0.1) is 11.6 Å². The molecule has 0 saturated carbocycles. The Morgan fingerprint density at radius 2 is 2.19 bits per heavy atom. The molecule has 0 spiro atoms. The molecule has 1 amide bonds. The fourth-order valence-corrected chi connectivity index (χ4v) is 3.43. The lowest BCUT2D eigenvalue weighted by Gasteiger charge is -2.24. The zero-order valence-corrected chi connectivity index (χ0v) is 11.8. The van der Waals surface area contributed by atoms with E-state index in [9.17, 15) is 13.6 Å². The number of hydrogen-bond acceptors (Lipinski definition) is 3. The first-order valence-corrected chi connectivity index (χ1v) is 7.45. The minimum Gasteiger partial charge on any atom is -0.321 e. The molecule has 1 atom stereocenters. The van der Waals surface area contributed by atoms with E-state index in [1.807, 2.05) is 6.07 Å². The standard InChI is InChI=1S/C15H12F2N2OS/c16-12-4-3-11(13(17)6-12)8-19-14(20)9-21-15(19)10-2-1-5-18-7-10/h1-7,15H,8-9H2. The molecule has 0 aliphatic carbocycles. The normalized spacial score (nSPS) is 18.3. The van der Waals surface area contributed by atoms with Crippen LogP contribution >= 0.6 is 11.8 Å². The minimum atomic E-state index is -0.635. The van der Waals surface area contributed by atoms with Gasteiger partial charge < -0.3 is 4.90 Å². The van der Waals surface area contributed by atoms with Crippen LogP contribution < -0.4 is 0 Å². The highest BCUT2D eigenvalue weighted by Gasteiger charge is 2.33. The van der Waals surface area contributed by atoms with Gasteiger partial charge in [0.15, 0.2) is 0 Å². The highest BCUT2D eigenvalue weighted by molar-refractivity contribution is 8.00. The lowest BCUT2D eigenvalue weighted by atomic mass is 10.1. The second-order valence-electron chi connectivity index (χ2n) is 4.71. The van der Waals surface area contributed by atoms with Crippen molar-refractivity contribution in [2.45, 2.75) is 11.9 Å². The Balaban J connectivity index is 1.86. The van der Waals surface area contributed by atoms with Gasteiger partial charge in [0.05, 0.1) is 12.3 Å². The molecule has 21 heavy (non-hydrogen) atoms. The zero-order valence-electron chi connectivity index (χ0n) is 11.0. The van der Waals surface area contributed by atoms with Crippen LogP contribution in [0.15, 0.2) is 42.7 Å². The molecule has 1 saturated heterocycles. The molecule has 2 aromatic rings. The van der Waals surface area contributed by atoms with Gasteiger partial charge >= 0.3 is 0 Å². The molecule has 0 N–H and O–H groups in total. The van der Waals surface area contributed by atoms with Gasteiger partial charge in [-0.3, -0.25) is 9.78 Å². The summed E-state index contributed by atoms with van der Waals surface area (Å²) in [7, 11) is 0. The molecule has 1 aliphatic heterocycles. The van der Waals surface area contributed by atoms with Crippen molar-refractivity contribution in [1.29, 1.82) is 0 Å². The lowest BCUT2D eigenvalue weighted by molar-refractivity contribution is -0.128. The number of halogens is 2. The van der Waals surface area contributed by atoms with Gasteiger partial charge in [0, 0.05) is 29.6 Å². The number of aromatic nitrogens is 1. The fraction of sp³-hybridized carbons (Fsp3) is 0.200. The second kappa shape index (κ2) is 5.81. The number of hydrogen-bond donors (Lipinski definition) is 0. The number of carbonyl (C=O) groups is 1. The van der Waals surface area contributed by atoms with Gasteiger partial charge in [-0.2, -0.15) is 0 Å². The van der Waals surface area contributed by atoms with Crippen LogP contribution in [0.5, 0.6) is 0 Å². The lowest BCUT2D eigenvalue weighted by Crippen LogP contribution is -2.28. The smallest absolute Gasteiger partial charge is 0.234 e. The van der Waals surface area contributed by atoms with E-state index in [-0.39, 0.29) is 17.8 Å². The monoisotopic (exact) mass is 306 g/mol. The number of carbonyl (C=O) groups excluding carboxylic acids is 1. The highest BCUT2D eigenvalue weighted by Crippen LogP contribution is 2.39. The predicted octanol–water partition coefficient (Wildman–Crippen LogP) is 3.13. The molecule has 1 aromatic carbocycles. The van der Waals surface area contributed by atoms with Crippen LogP contribution in [0.1, 0.15) is 16.5 Å². The Bertz CT molecular complexity index is 666. The van der Waals surface area contributed by atoms with Crippen molar-refractivity contribution in [1.82, 2.24) is 9.88 Å². The van der Waals surface area contributed by atoms with Crippen molar-refractivity contribution in [2.24, 2.45) is 0 Å². The summed E-state index contributed by atoms with van der Waals surface area (Å²) < 4.78 is 26.7. The number of nitrogens with zero attached hydrogens (tertiary/aromatic N) is 2. The molecule has 2 heterocycles. The number of pyridine rings is 1. The third kappa shape index (κ3) is 2.90. The largest absolute Gasteiger partial charge is 0.321 e. The van der Waals surface area contributed by atoms with Crippen molar-refractivity contribution in [2.75, 3.05) is 5.75 Å². The first-order valence-electron chi connectivity index (χ1n) is 6.40. The van der Waals surface area contributed by atoms with Gasteiger partial charge in [0.25, 0.3) is 0 Å². The summed E-state index contributed by atoms with van der Waals surface area (Å²) in [5, 5.41) is -0.185. The number of rotatable bonds is 3. The molecule has 108 valence electrons. The summed E-state index contributed by atoms with van der Waals surface area (Å²) in [6.07, 6.45) is 3.36. The Kier molecular flexibility index (Phi) is 3.88. The van der Waals surface area contributed by atoms with E-state index in [1.165, 1.54) is 23.9 Å². The van der Waals surface area contributed by atoms with Crippen molar-refractivity contribution >= 4 is 17.7 Å². The van der Waals surface area contributed by atoms with E-state index in [1.54, 1.807) is 23.4 Å². The highest BCUT2D eigenvalue weighted by atomic mass is 32.2. The molecule has 3 nitrogen and oxygen atoms in total. The first kappa shape index (κ1) is 14.0. The molecule has 6 heteroatoms. The molecular formula is C15H12F2N2OS. The van der Waals surface area contributed by atoms with Crippen LogP contribution in [0.4, 0.5) is 8.78 Å². The number of amides is 1. The van der Waals surface area contributed by atoms with Crippen molar-refractivity contribution < 1.29 is 13.6 Å². The Morgan fingerprint density at radius 3 is 2.90 bits per heavy atom. The quantitative estimate of drug-likeness (QED) is 0.873. The number of thioether (sulfide) groups is 1. The third-order valence-corrected chi connectivity index (χ3v) is 4.55. The van der Waals surface area contributed by atoms with E-state index < -0.39 is 11.6 Å². The summed E-state index contributed by atoms with van der Waals surface area (Å²) >= 11 is 1.48. The predicted molar refractivity (Wildman–Crippen MR) is 76.3 cm³/mol. The van der Waals surface area contributed by atoms with E-state index in [4.69, 9.17) is 0 Å². The van der Waals surface area contributed by atoms with Crippen LogP contribution in [-0.4, -0.2) is 21.5 Å². The van der Waals surface area contributed by atoms with Crippen LogP contribution in [0.2, 0.25) is 0 Å². The summed E-state index contributed by atoms with van der Waals surface area (Å²) in [6, 6.07) is 7.10. The maximum absolute atomic E-state index is 13.8. The van der Waals surface area contributed by atoms with Crippen molar-refractivity contribution in [3.8, 4) is 0 Å². The summed E-state index contributed by atoms with van der Waals surface area (Å²) in [5.74, 6) is -0.966. The Labute approximate surface area is 125 Å². The van der Waals surface area contributed by atoms with Gasteiger partial charge in [0.1, 0.15) is 17.0 Å². The average molecular weight is 306 g/mol. The summed E-state index contributed by atoms with van der Waals surface area (Å²) in [4.78, 5) is 17.7. The van der Waals surface area contributed by atoms with Crippen LogP contribution in [-0.2, 0) is 11.3 Å². The molecule has 0 bridgehead atoms. The first-order chi connectivity index (χ1) is 10.1. The third-order valence-electron chi connectivity index (χ3n) is 3.29. The number of benzene rings is 1. The average Bonchev–Trinajstić information content (AvgIpc) is 2.84. The van der Waals surface area contributed by atoms with Crippen LogP contribution in [0.3, 0.4) is 0 Å². The maximum Gasteiger partial charge on any atom is 0.234 e. The van der Waals surface area contributed by atoms with Gasteiger partial charge in [-0.05, 0) is 12.1 Å². The topological polar surface area (TPSA) is 33.2 Å². The van der Waals surface area contributed by atoms with Gasteiger partial charge in [-0.1, -0.05) is 12.1 Å². The van der Waals surface area contributed by atoms with E-state index >= 15 is 0 Å². The molecule has 1 aromatic heterocycles. The molecule has 0 radical (unpaired) electrons.